The van der Waals surface area contributed by atoms with Gasteiger partial charge in [0.2, 0.25) is 0 Å². The number of carbonyl (C=O) groups excluding carboxylic acids is 1. The van der Waals surface area contributed by atoms with E-state index in [0.29, 0.717) is 42.3 Å². The minimum atomic E-state index is -0.264. The van der Waals surface area contributed by atoms with Crippen LogP contribution in [0.25, 0.3) is 0 Å². The first-order valence-corrected chi connectivity index (χ1v) is 9.27. The van der Waals surface area contributed by atoms with E-state index in [1.807, 2.05) is 19.9 Å². The van der Waals surface area contributed by atoms with Gasteiger partial charge in [-0.05, 0) is 30.2 Å². The van der Waals surface area contributed by atoms with E-state index < -0.39 is 0 Å². The number of nitrogens with two attached hydrogens (primary N) is 1. The predicted octanol–water partition coefficient (Wildman–Crippen LogP) is 2.77. The highest BCUT2D eigenvalue weighted by Crippen LogP contribution is 2.41. The molecule has 1 heterocycles. The Hall–Kier alpha value is -2.86. The van der Waals surface area contributed by atoms with Crippen LogP contribution in [-0.4, -0.2) is 37.4 Å². The molecule has 0 aromatic heterocycles. The van der Waals surface area contributed by atoms with E-state index in [4.69, 9.17) is 20.6 Å². The van der Waals surface area contributed by atoms with Crippen LogP contribution in [0.3, 0.4) is 0 Å². The Labute approximate surface area is 166 Å². The lowest BCUT2D eigenvalue weighted by atomic mass is 9.90. The van der Waals surface area contributed by atoms with Crippen molar-refractivity contribution in [2.45, 2.75) is 26.4 Å². The molecule has 0 spiro atoms. The molecule has 6 nitrogen and oxygen atoms in total. The van der Waals surface area contributed by atoms with Gasteiger partial charge in [0.1, 0.15) is 17.6 Å². The number of ether oxygens (including phenoxy) is 2. The summed E-state index contributed by atoms with van der Waals surface area (Å²) in [6, 6.07) is 3.63. The van der Waals surface area contributed by atoms with Gasteiger partial charge in [-0.3, -0.25) is 4.79 Å². The molecule has 1 aromatic rings. The number of fused-ring (bicyclic) bond motifs is 1. The van der Waals surface area contributed by atoms with Gasteiger partial charge in [-0.2, -0.15) is 0 Å². The third-order valence-electron chi connectivity index (χ3n) is 4.78. The van der Waals surface area contributed by atoms with Gasteiger partial charge in [0, 0.05) is 42.3 Å². The first-order chi connectivity index (χ1) is 13.3. The molecule has 28 heavy (non-hydrogen) atoms. The zero-order valence-corrected chi connectivity index (χ0v) is 16.6. The molecule has 0 aliphatic carbocycles. The van der Waals surface area contributed by atoms with E-state index in [-0.39, 0.29) is 24.5 Å². The quantitative estimate of drug-likeness (QED) is 0.329. The van der Waals surface area contributed by atoms with Crippen molar-refractivity contribution in [2.75, 3.05) is 19.7 Å². The summed E-state index contributed by atoms with van der Waals surface area (Å²) >= 11 is 0. The fourth-order valence-electron chi connectivity index (χ4n) is 2.94. The number of rotatable bonds is 10. The summed E-state index contributed by atoms with van der Waals surface area (Å²) in [5.74, 6) is 0.692. The van der Waals surface area contributed by atoms with Crippen molar-refractivity contribution in [1.82, 2.24) is 5.32 Å². The van der Waals surface area contributed by atoms with Crippen molar-refractivity contribution in [3.63, 3.8) is 0 Å². The summed E-state index contributed by atoms with van der Waals surface area (Å²) in [5.41, 5.74) is 8.88. The Balaban J connectivity index is 2.37. The van der Waals surface area contributed by atoms with E-state index in [9.17, 15) is 4.79 Å². The lowest BCUT2D eigenvalue weighted by Crippen LogP contribution is -2.33. The second kappa shape index (κ2) is 9.37. The smallest absolute Gasteiger partial charge is 0.257 e. The van der Waals surface area contributed by atoms with Crippen LogP contribution in [0, 0.1) is 11.3 Å². The van der Waals surface area contributed by atoms with Crippen molar-refractivity contribution in [2.24, 2.45) is 11.7 Å². The molecule has 1 aliphatic heterocycles. The first kappa shape index (κ1) is 21.4. The monoisotopic (exact) mass is 383 g/mol. The number of carbonyl (C=O) groups is 1. The molecule has 2 rings (SSSR count). The summed E-state index contributed by atoms with van der Waals surface area (Å²) in [6.07, 6.45) is 2.09. The lowest BCUT2D eigenvalue weighted by molar-refractivity contribution is -0.123. The standard InChI is InChI=1S/C22H29N3O3/c1-6-14(4)15(5)21(24)16-7-8-18-17(11-19(28-18)13(2)3)22(16)27-12-20(26)25-10-9-23/h6-8,15,19,24H,1-2,4,9-12,23H2,3,5H3,(H,25,26). The summed E-state index contributed by atoms with van der Waals surface area (Å²) in [5, 5.41) is 11.3. The van der Waals surface area contributed by atoms with E-state index in [1.54, 1.807) is 12.1 Å². The van der Waals surface area contributed by atoms with Crippen LogP contribution in [0.2, 0.25) is 0 Å². The Morgan fingerprint density at radius 3 is 2.82 bits per heavy atom. The van der Waals surface area contributed by atoms with E-state index in [0.717, 1.165) is 16.7 Å². The maximum atomic E-state index is 12.0. The van der Waals surface area contributed by atoms with Gasteiger partial charge >= 0.3 is 0 Å². The maximum absolute atomic E-state index is 12.0. The molecular formula is C22H29N3O3. The Morgan fingerprint density at radius 2 is 2.21 bits per heavy atom. The molecule has 1 aromatic carbocycles. The number of hydrogen-bond acceptors (Lipinski definition) is 5. The fraction of sp³-hybridized carbons (Fsp3) is 0.364. The molecule has 0 fully saturated rings. The Bertz CT molecular complexity index is 813. The topological polar surface area (TPSA) is 97.4 Å². The SMILES string of the molecule is C=CC(=C)C(C)C(=N)c1ccc2c(c1OCC(=O)NCCN)CC(C(=C)C)O2. The van der Waals surface area contributed by atoms with Gasteiger partial charge < -0.3 is 25.9 Å². The molecule has 0 bridgehead atoms. The average molecular weight is 383 g/mol. The minimum Gasteiger partial charge on any atom is -0.485 e. The van der Waals surface area contributed by atoms with Gasteiger partial charge in [0.25, 0.3) is 5.91 Å². The van der Waals surface area contributed by atoms with E-state index >= 15 is 0 Å². The van der Waals surface area contributed by atoms with Crippen molar-refractivity contribution >= 4 is 11.6 Å². The maximum Gasteiger partial charge on any atom is 0.257 e. The summed E-state index contributed by atoms with van der Waals surface area (Å²) < 4.78 is 11.8. The second-order valence-corrected chi connectivity index (χ2v) is 6.92. The van der Waals surface area contributed by atoms with E-state index in [1.165, 1.54) is 0 Å². The van der Waals surface area contributed by atoms with Gasteiger partial charge in [-0.15, -0.1) is 0 Å². The molecule has 0 saturated heterocycles. The van der Waals surface area contributed by atoms with Gasteiger partial charge in [0.05, 0.1) is 0 Å². The van der Waals surface area contributed by atoms with E-state index in [2.05, 4.69) is 25.1 Å². The van der Waals surface area contributed by atoms with Gasteiger partial charge in [-0.25, -0.2) is 0 Å². The normalized spacial score (nSPS) is 15.8. The molecular weight excluding hydrogens is 354 g/mol. The van der Waals surface area contributed by atoms with Crippen LogP contribution in [-0.2, 0) is 11.2 Å². The largest absolute Gasteiger partial charge is 0.485 e. The van der Waals surface area contributed by atoms with Gasteiger partial charge in [-0.1, -0.05) is 32.7 Å². The summed E-state index contributed by atoms with van der Waals surface area (Å²) in [6.45, 7) is 16.0. The number of amides is 1. The van der Waals surface area contributed by atoms with Crippen molar-refractivity contribution in [3.05, 3.63) is 60.2 Å². The molecule has 2 atom stereocenters. The van der Waals surface area contributed by atoms with Crippen LogP contribution >= 0.6 is 0 Å². The highest BCUT2D eigenvalue weighted by molar-refractivity contribution is 6.04. The summed E-state index contributed by atoms with van der Waals surface area (Å²) in [4.78, 5) is 12.0. The van der Waals surface area contributed by atoms with Crippen LogP contribution in [0.1, 0.15) is 25.0 Å². The molecule has 4 N–H and O–H groups in total. The average Bonchev–Trinajstić information content (AvgIpc) is 3.13. The molecule has 1 aliphatic rings. The molecule has 0 saturated carbocycles. The van der Waals surface area contributed by atoms with Crippen molar-refractivity contribution < 1.29 is 14.3 Å². The number of allylic oxidation sites excluding steroid dienone is 2. The highest BCUT2D eigenvalue weighted by atomic mass is 16.5. The molecule has 1 amide bonds. The van der Waals surface area contributed by atoms with Crippen molar-refractivity contribution in [3.8, 4) is 11.5 Å². The Kier molecular flexibility index (Phi) is 7.18. The third kappa shape index (κ3) is 4.70. The van der Waals surface area contributed by atoms with Crippen molar-refractivity contribution in [1.29, 1.82) is 5.41 Å². The zero-order chi connectivity index (χ0) is 20.8. The molecule has 2 unspecified atom stereocenters. The number of nitrogens with one attached hydrogen (secondary N) is 2. The van der Waals surface area contributed by atoms with Crippen LogP contribution in [0.4, 0.5) is 0 Å². The Morgan fingerprint density at radius 1 is 1.50 bits per heavy atom. The number of benzene rings is 1. The molecule has 150 valence electrons. The minimum absolute atomic E-state index is 0.145. The zero-order valence-electron chi connectivity index (χ0n) is 16.6. The van der Waals surface area contributed by atoms with Crippen LogP contribution in [0.15, 0.2) is 49.1 Å². The first-order valence-electron chi connectivity index (χ1n) is 9.27. The second-order valence-electron chi connectivity index (χ2n) is 6.92. The van der Waals surface area contributed by atoms with Crippen LogP contribution < -0.4 is 20.5 Å². The fourth-order valence-corrected chi connectivity index (χ4v) is 2.94. The molecule has 0 radical (unpaired) electrons. The molecule has 6 heteroatoms. The lowest BCUT2D eigenvalue weighted by Gasteiger charge is -2.19. The highest BCUT2D eigenvalue weighted by Gasteiger charge is 2.30. The van der Waals surface area contributed by atoms with Gasteiger partial charge in [0.15, 0.2) is 6.61 Å². The predicted molar refractivity (Wildman–Crippen MR) is 112 cm³/mol. The third-order valence-corrected chi connectivity index (χ3v) is 4.78. The van der Waals surface area contributed by atoms with Crippen LogP contribution in [0.5, 0.6) is 11.5 Å². The number of hydrogen-bond donors (Lipinski definition) is 3. The summed E-state index contributed by atoms with van der Waals surface area (Å²) in [7, 11) is 0.